The normalized spacial score (nSPS) is 23.5. The number of hydrogen-bond acceptors (Lipinski definition) is 2. The molecule has 116 valence electrons. The smallest absolute Gasteiger partial charge is 0.308 e. The van der Waals surface area contributed by atoms with E-state index >= 15 is 0 Å². The molecule has 0 saturated carbocycles. The number of likely N-dealkylation sites (tertiary alicyclic amines) is 1. The summed E-state index contributed by atoms with van der Waals surface area (Å²) in [5.41, 5.74) is -0.356. The first-order chi connectivity index (χ1) is 9.62. The summed E-state index contributed by atoms with van der Waals surface area (Å²) < 4.78 is 40.4. The zero-order chi connectivity index (χ0) is 15.9. The number of rotatable bonds is 2. The van der Waals surface area contributed by atoms with E-state index in [9.17, 15) is 23.1 Å². The first-order valence-electron chi connectivity index (χ1n) is 6.74. The summed E-state index contributed by atoms with van der Waals surface area (Å²) in [7, 11) is 0. The molecule has 1 aliphatic rings. The Morgan fingerprint density at radius 2 is 1.81 bits per heavy atom. The van der Waals surface area contributed by atoms with E-state index in [0.29, 0.717) is 6.54 Å². The zero-order valence-corrected chi connectivity index (χ0v) is 12.2. The number of carboxylic acids is 1. The van der Waals surface area contributed by atoms with Crippen LogP contribution in [0.3, 0.4) is 0 Å². The molecule has 1 heterocycles. The topological polar surface area (TPSA) is 40.5 Å². The number of carboxylic acid groups (broad SMARTS) is 1. The molecular weight excluding hydrogens is 283 g/mol. The lowest BCUT2D eigenvalue weighted by atomic mass is 9.88. The Labute approximate surface area is 121 Å². The van der Waals surface area contributed by atoms with Crippen LogP contribution >= 0.6 is 0 Å². The van der Waals surface area contributed by atoms with Crippen LogP contribution in [0, 0.1) is 23.4 Å². The summed E-state index contributed by atoms with van der Waals surface area (Å²) in [5.74, 6) is -6.71. The molecule has 0 bridgehead atoms. The largest absolute Gasteiger partial charge is 0.481 e. The van der Waals surface area contributed by atoms with Gasteiger partial charge in [-0.2, -0.15) is 0 Å². The van der Waals surface area contributed by atoms with Crippen molar-refractivity contribution < 1.29 is 23.1 Å². The molecule has 6 heteroatoms. The molecule has 2 rings (SSSR count). The number of hydrogen-bond donors (Lipinski definition) is 1. The second kappa shape index (κ2) is 5.33. The molecule has 1 saturated heterocycles. The van der Waals surface area contributed by atoms with Crippen molar-refractivity contribution >= 4 is 5.97 Å². The maximum atomic E-state index is 13.9. The Bertz CT molecular complexity index is 569. The predicted octanol–water partition coefficient (Wildman–Crippen LogP) is 3.00. The van der Waals surface area contributed by atoms with Gasteiger partial charge in [-0.15, -0.1) is 0 Å². The second-order valence-corrected chi connectivity index (χ2v) is 6.39. The lowest BCUT2D eigenvalue weighted by Crippen LogP contribution is -2.40. The minimum absolute atomic E-state index is 0.0759. The molecule has 2 atom stereocenters. The maximum Gasteiger partial charge on any atom is 0.308 e. The van der Waals surface area contributed by atoms with Gasteiger partial charge >= 0.3 is 5.97 Å². The predicted molar refractivity (Wildman–Crippen MR) is 71.5 cm³/mol. The van der Waals surface area contributed by atoms with Crippen molar-refractivity contribution in [2.45, 2.75) is 32.2 Å². The first-order valence-corrected chi connectivity index (χ1v) is 6.74. The minimum Gasteiger partial charge on any atom is -0.481 e. The Morgan fingerprint density at radius 3 is 2.33 bits per heavy atom. The lowest BCUT2D eigenvalue weighted by molar-refractivity contribution is -0.141. The average molecular weight is 301 g/mol. The summed E-state index contributed by atoms with van der Waals surface area (Å²) in [4.78, 5) is 13.3. The third-order valence-electron chi connectivity index (χ3n) is 4.05. The van der Waals surface area contributed by atoms with Crippen LogP contribution in [0.1, 0.15) is 32.3 Å². The highest BCUT2D eigenvalue weighted by Crippen LogP contribution is 2.38. The summed E-state index contributed by atoms with van der Waals surface area (Å²) in [6, 6.07) is 1.98. The molecule has 1 aromatic carbocycles. The van der Waals surface area contributed by atoms with Crippen LogP contribution in [0.2, 0.25) is 0 Å². The van der Waals surface area contributed by atoms with E-state index < -0.39 is 35.3 Å². The van der Waals surface area contributed by atoms with E-state index in [2.05, 4.69) is 0 Å². The quantitative estimate of drug-likeness (QED) is 0.854. The first kappa shape index (κ1) is 15.8. The maximum absolute atomic E-state index is 13.9. The fraction of sp³-hybridized carbons (Fsp3) is 0.533. The van der Waals surface area contributed by atoms with E-state index in [4.69, 9.17) is 0 Å². The van der Waals surface area contributed by atoms with E-state index in [-0.39, 0.29) is 17.6 Å². The Kier molecular flexibility index (Phi) is 4.02. The van der Waals surface area contributed by atoms with Gasteiger partial charge in [-0.05, 0) is 32.4 Å². The summed E-state index contributed by atoms with van der Waals surface area (Å²) >= 11 is 0. The van der Waals surface area contributed by atoms with Gasteiger partial charge in [0.15, 0.2) is 17.5 Å². The standard InChI is InChI=1S/C15H18F3NO2/c1-15(2,3)19-6-9(10(7-19)14(20)21)8-4-5-11(16)13(18)12(8)17/h4-5,9-10H,6-7H2,1-3H3,(H,20,21)/t9-,10+/m1/s1. The fourth-order valence-electron chi connectivity index (χ4n) is 2.74. The van der Waals surface area contributed by atoms with Gasteiger partial charge in [0.2, 0.25) is 0 Å². The molecule has 0 amide bonds. The van der Waals surface area contributed by atoms with Crippen LogP contribution in [-0.2, 0) is 4.79 Å². The van der Waals surface area contributed by atoms with Crippen LogP contribution in [-0.4, -0.2) is 34.6 Å². The lowest BCUT2D eigenvalue weighted by Gasteiger charge is -2.31. The Hall–Kier alpha value is -1.56. The van der Waals surface area contributed by atoms with Crippen molar-refractivity contribution in [3.05, 3.63) is 35.1 Å². The fourth-order valence-corrected chi connectivity index (χ4v) is 2.74. The van der Waals surface area contributed by atoms with E-state index in [0.717, 1.165) is 12.1 Å². The van der Waals surface area contributed by atoms with Gasteiger partial charge < -0.3 is 5.11 Å². The third-order valence-corrected chi connectivity index (χ3v) is 4.05. The van der Waals surface area contributed by atoms with Crippen molar-refractivity contribution in [2.75, 3.05) is 13.1 Å². The molecule has 0 spiro atoms. The molecule has 1 aliphatic heterocycles. The molecule has 1 N–H and O–H groups in total. The van der Waals surface area contributed by atoms with Gasteiger partial charge in [-0.1, -0.05) is 6.07 Å². The highest BCUT2D eigenvalue weighted by molar-refractivity contribution is 5.72. The Balaban J connectivity index is 2.42. The van der Waals surface area contributed by atoms with Crippen molar-refractivity contribution in [1.82, 2.24) is 4.90 Å². The summed E-state index contributed by atoms with van der Waals surface area (Å²) in [6.45, 7) is 6.33. The second-order valence-electron chi connectivity index (χ2n) is 6.39. The van der Waals surface area contributed by atoms with Crippen LogP contribution in [0.25, 0.3) is 0 Å². The Morgan fingerprint density at radius 1 is 1.19 bits per heavy atom. The monoisotopic (exact) mass is 301 g/mol. The van der Waals surface area contributed by atoms with Crippen molar-refractivity contribution in [3.63, 3.8) is 0 Å². The van der Waals surface area contributed by atoms with Gasteiger partial charge in [0.05, 0.1) is 5.92 Å². The van der Waals surface area contributed by atoms with Gasteiger partial charge in [0.25, 0.3) is 0 Å². The molecule has 0 aromatic heterocycles. The number of aliphatic carboxylic acids is 1. The van der Waals surface area contributed by atoms with Gasteiger partial charge in [0.1, 0.15) is 0 Å². The van der Waals surface area contributed by atoms with E-state index in [1.807, 2.05) is 25.7 Å². The summed E-state index contributed by atoms with van der Waals surface area (Å²) in [5, 5.41) is 9.33. The van der Waals surface area contributed by atoms with Crippen LogP contribution in [0.15, 0.2) is 12.1 Å². The number of nitrogens with zero attached hydrogens (tertiary/aromatic N) is 1. The highest BCUT2D eigenvalue weighted by atomic mass is 19.2. The van der Waals surface area contributed by atoms with Crippen molar-refractivity contribution in [2.24, 2.45) is 5.92 Å². The third kappa shape index (κ3) is 2.90. The van der Waals surface area contributed by atoms with Crippen molar-refractivity contribution in [3.8, 4) is 0 Å². The molecule has 0 radical (unpaired) electrons. The zero-order valence-electron chi connectivity index (χ0n) is 12.2. The van der Waals surface area contributed by atoms with E-state index in [1.54, 1.807) is 0 Å². The molecule has 1 fully saturated rings. The van der Waals surface area contributed by atoms with Crippen molar-refractivity contribution in [1.29, 1.82) is 0 Å². The minimum atomic E-state index is -1.55. The number of benzene rings is 1. The number of carbonyl (C=O) groups is 1. The van der Waals surface area contributed by atoms with Crippen LogP contribution in [0.5, 0.6) is 0 Å². The van der Waals surface area contributed by atoms with Gasteiger partial charge in [-0.3, -0.25) is 9.69 Å². The van der Waals surface area contributed by atoms with E-state index in [1.165, 1.54) is 0 Å². The summed E-state index contributed by atoms with van der Waals surface area (Å²) in [6.07, 6.45) is 0. The molecular formula is C15H18F3NO2. The number of halogens is 3. The van der Waals surface area contributed by atoms with Crippen LogP contribution < -0.4 is 0 Å². The molecule has 0 unspecified atom stereocenters. The SMILES string of the molecule is CC(C)(C)N1C[C@H](C(=O)O)[C@@H](c2ccc(F)c(F)c2F)C1. The van der Waals surface area contributed by atoms with Gasteiger partial charge in [-0.25, -0.2) is 13.2 Å². The highest BCUT2D eigenvalue weighted by Gasteiger charge is 2.43. The van der Waals surface area contributed by atoms with Crippen LogP contribution in [0.4, 0.5) is 13.2 Å². The molecule has 1 aromatic rings. The molecule has 3 nitrogen and oxygen atoms in total. The average Bonchev–Trinajstić information content (AvgIpc) is 2.81. The molecule has 21 heavy (non-hydrogen) atoms. The van der Waals surface area contributed by atoms with Gasteiger partial charge in [0, 0.05) is 24.5 Å². The molecule has 0 aliphatic carbocycles.